The fraction of sp³-hybridized carbons (Fsp3) is 0.111. The zero-order valence-corrected chi connectivity index (χ0v) is 13.3. The summed E-state index contributed by atoms with van der Waals surface area (Å²) in [6, 6.07) is 12.4. The zero-order valence-electron chi connectivity index (χ0n) is 12.5. The van der Waals surface area contributed by atoms with Gasteiger partial charge in [0, 0.05) is 16.5 Å². The molecule has 0 spiro atoms. The van der Waals surface area contributed by atoms with Crippen LogP contribution in [0.2, 0.25) is 0 Å². The Morgan fingerprint density at radius 2 is 1.70 bits per heavy atom. The van der Waals surface area contributed by atoms with Crippen molar-refractivity contribution in [2.24, 2.45) is 0 Å². The molecule has 0 saturated heterocycles. The molecule has 5 heteroatoms. The van der Waals surface area contributed by atoms with Gasteiger partial charge >= 0.3 is 0 Å². The lowest BCUT2D eigenvalue weighted by Crippen LogP contribution is -2.01. The number of hydrogen-bond donors (Lipinski definition) is 0. The maximum absolute atomic E-state index is 12.9. The van der Waals surface area contributed by atoms with Crippen LogP contribution in [0.15, 0.2) is 53.9 Å². The molecule has 0 unspecified atom stereocenters. The SMILES string of the molecule is Cc1nc(COc2ccc(C(=O)c3ccc(F)cc3)cc2)cs1. The predicted molar refractivity (Wildman–Crippen MR) is 87.5 cm³/mol. The number of carbonyl (C=O) groups excluding carboxylic acids is 1. The van der Waals surface area contributed by atoms with E-state index in [0.717, 1.165) is 10.7 Å². The average molecular weight is 327 g/mol. The van der Waals surface area contributed by atoms with Gasteiger partial charge in [-0.2, -0.15) is 0 Å². The maximum Gasteiger partial charge on any atom is 0.193 e. The highest BCUT2D eigenvalue weighted by molar-refractivity contribution is 7.09. The van der Waals surface area contributed by atoms with Crippen LogP contribution in [0, 0.1) is 12.7 Å². The first-order valence-electron chi connectivity index (χ1n) is 7.06. The number of thiazole rings is 1. The van der Waals surface area contributed by atoms with E-state index in [4.69, 9.17) is 4.74 Å². The van der Waals surface area contributed by atoms with Gasteiger partial charge in [-0.3, -0.25) is 4.79 Å². The number of rotatable bonds is 5. The molecule has 0 aliphatic rings. The minimum Gasteiger partial charge on any atom is -0.487 e. The van der Waals surface area contributed by atoms with E-state index in [1.807, 2.05) is 12.3 Å². The van der Waals surface area contributed by atoms with Crippen molar-refractivity contribution >= 4 is 17.1 Å². The predicted octanol–water partition coefficient (Wildman–Crippen LogP) is 4.40. The Hall–Kier alpha value is -2.53. The summed E-state index contributed by atoms with van der Waals surface area (Å²) in [5.41, 5.74) is 1.88. The lowest BCUT2D eigenvalue weighted by atomic mass is 10.0. The highest BCUT2D eigenvalue weighted by atomic mass is 32.1. The van der Waals surface area contributed by atoms with Gasteiger partial charge in [0.1, 0.15) is 18.2 Å². The zero-order chi connectivity index (χ0) is 16.2. The van der Waals surface area contributed by atoms with Crippen molar-refractivity contribution in [2.45, 2.75) is 13.5 Å². The van der Waals surface area contributed by atoms with E-state index in [0.29, 0.717) is 23.5 Å². The van der Waals surface area contributed by atoms with E-state index in [1.165, 1.54) is 24.3 Å². The summed E-state index contributed by atoms with van der Waals surface area (Å²) >= 11 is 1.58. The number of carbonyl (C=O) groups is 1. The van der Waals surface area contributed by atoms with Gasteiger partial charge in [0.2, 0.25) is 0 Å². The first kappa shape index (κ1) is 15.4. The molecular formula is C18H14FNO2S. The van der Waals surface area contributed by atoms with E-state index in [9.17, 15) is 9.18 Å². The Balaban J connectivity index is 1.66. The second-order valence-corrected chi connectivity index (χ2v) is 6.07. The number of ketones is 1. The van der Waals surface area contributed by atoms with Gasteiger partial charge in [-0.15, -0.1) is 11.3 Å². The van der Waals surface area contributed by atoms with Crippen LogP contribution in [-0.4, -0.2) is 10.8 Å². The summed E-state index contributed by atoms with van der Waals surface area (Å²) in [5.74, 6) is 0.167. The number of aryl methyl sites for hydroxylation is 1. The van der Waals surface area contributed by atoms with E-state index < -0.39 is 0 Å². The van der Waals surface area contributed by atoms with E-state index in [1.54, 1.807) is 35.6 Å². The molecule has 0 atom stereocenters. The van der Waals surface area contributed by atoms with Crippen molar-refractivity contribution in [1.29, 1.82) is 0 Å². The largest absolute Gasteiger partial charge is 0.487 e. The number of hydrogen-bond acceptors (Lipinski definition) is 4. The standard InChI is InChI=1S/C18H14FNO2S/c1-12-20-16(11-23-12)10-22-17-8-4-14(5-9-17)18(21)13-2-6-15(19)7-3-13/h2-9,11H,10H2,1H3. The molecule has 1 aromatic heterocycles. The highest BCUT2D eigenvalue weighted by Gasteiger charge is 2.09. The van der Waals surface area contributed by atoms with Crippen LogP contribution in [0.4, 0.5) is 4.39 Å². The third-order valence-corrected chi connectivity index (χ3v) is 4.10. The third kappa shape index (κ3) is 3.81. The summed E-state index contributed by atoms with van der Waals surface area (Å²) in [6.45, 7) is 2.35. The Bertz CT molecular complexity index is 810. The van der Waals surface area contributed by atoms with E-state index in [2.05, 4.69) is 4.98 Å². The number of benzene rings is 2. The Morgan fingerprint density at radius 1 is 1.09 bits per heavy atom. The number of aromatic nitrogens is 1. The molecule has 3 nitrogen and oxygen atoms in total. The molecule has 0 bridgehead atoms. The van der Waals surface area contributed by atoms with Gasteiger partial charge in [0.05, 0.1) is 10.7 Å². The first-order chi connectivity index (χ1) is 11.1. The molecule has 0 saturated carbocycles. The van der Waals surface area contributed by atoms with Crippen LogP contribution in [-0.2, 0) is 6.61 Å². The molecule has 0 N–H and O–H groups in total. The van der Waals surface area contributed by atoms with Crippen LogP contribution in [0.3, 0.4) is 0 Å². The van der Waals surface area contributed by atoms with E-state index in [-0.39, 0.29) is 11.6 Å². The van der Waals surface area contributed by atoms with Gasteiger partial charge in [0.15, 0.2) is 5.78 Å². The molecule has 3 aromatic rings. The van der Waals surface area contributed by atoms with Gasteiger partial charge in [-0.1, -0.05) is 0 Å². The lowest BCUT2D eigenvalue weighted by Gasteiger charge is -2.06. The van der Waals surface area contributed by atoms with E-state index >= 15 is 0 Å². The Kier molecular flexibility index (Phi) is 4.48. The minimum absolute atomic E-state index is 0.147. The van der Waals surface area contributed by atoms with Crippen molar-refractivity contribution < 1.29 is 13.9 Å². The molecule has 1 heterocycles. The quantitative estimate of drug-likeness (QED) is 0.652. The van der Waals surface area contributed by atoms with Crippen molar-refractivity contribution in [2.75, 3.05) is 0 Å². The van der Waals surface area contributed by atoms with Gasteiger partial charge in [-0.05, 0) is 55.5 Å². The normalized spacial score (nSPS) is 10.5. The fourth-order valence-corrected chi connectivity index (χ4v) is 2.70. The average Bonchev–Trinajstić information content (AvgIpc) is 2.99. The monoisotopic (exact) mass is 327 g/mol. The first-order valence-corrected chi connectivity index (χ1v) is 7.94. The second kappa shape index (κ2) is 6.71. The smallest absolute Gasteiger partial charge is 0.193 e. The van der Waals surface area contributed by atoms with Crippen LogP contribution < -0.4 is 4.74 Å². The highest BCUT2D eigenvalue weighted by Crippen LogP contribution is 2.17. The molecule has 116 valence electrons. The number of nitrogens with zero attached hydrogens (tertiary/aromatic N) is 1. The summed E-state index contributed by atoms with van der Waals surface area (Å²) < 4.78 is 18.5. The Morgan fingerprint density at radius 3 is 2.26 bits per heavy atom. The fourth-order valence-electron chi connectivity index (χ4n) is 2.10. The molecule has 0 radical (unpaired) electrons. The molecule has 0 aliphatic heterocycles. The summed E-state index contributed by atoms with van der Waals surface area (Å²) in [4.78, 5) is 16.6. The van der Waals surface area contributed by atoms with Crippen molar-refractivity contribution in [3.05, 3.63) is 81.6 Å². The molecule has 23 heavy (non-hydrogen) atoms. The van der Waals surface area contributed by atoms with Crippen LogP contribution in [0.1, 0.15) is 26.6 Å². The summed E-state index contributed by atoms with van der Waals surface area (Å²) in [7, 11) is 0. The molecular weight excluding hydrogens is 313 g/mol. The molecule has 3 rings (SSSR count). The minimum atomic E-state index is -0.359. The topological polar surface area (TPSA) is 39.2 Å². The van der Waals surface area contributed by atoms with Gasteiger partial charge < -0.3 is 4.74 Å². The van der Waals surface area contributed by atoms with Gasteiger partial charge in [0.25, 0.3) is 0 Å². The lowest BCUT2D eigenvalue weighted by molar-refractivity contribution is 0.103. The molecule has 2 aromatic carbocycles. The number of ether oxygens (including phenoxy) is 1. The number of halogens is 1. The van der Waals surface area contributed by atoms with Crippen LogP contribution in [0.5, 0.6) is 5.75 Å². The van der Waals surface area contributed by atoms with Crippen molar-refractivity contribution in [1.82, 2.24) is 4.98 Å². The van der Waals surface area contributed by atoms with Crippen molar-refractivity contribution in [3.8, 4) is 5.75 Å². The van der Waals surface area contributed by atoms with Crippen LogP contribution in [0.25, 0.3) is 0 Å². The molecule has 0 fully saturated rings. The summed E-state index contributed by atoms with van der Waals surface area (Å²) in [6.07, 6.45) is 0. The van der Waals surface area contributed by atoms with Gasteiger partial charge in [-0.25, -0.2) is 9.37 Å². The Labute approximate surface area is 137 Å². The summed E-state index contributed by atoms with van der Waals surface area (Å²) in [5, 5.41) is 2.96. The molecule has 0 amide bonds. The van der Waals surface area contributed by atoms with Crippen LogP contribution >= 0.6 is 11.3 Å². The van der Waals surface area contributed by atoms with Crippen molar-refractivity contribution in [3.63, 3.8) is 0 Å². The second-order valence-electron chi connectivity index (χ2n) is 5.01. The third-order valence-electron chi connectivity index (χ3n) is 3.28. The molecule has 0 aliphatic carbocycles. The maximum atomic E-state index is 12.9.